The molecule has 14 heteroatoms. The normalized spacial score (nSPS) is 27.4. The van der Waals surface area contributed by atoms with Crippen molar-refractivity contribution in [3.8, 4) is 17.2 Å². The number of hydrogen-bond donors (Lipinski definition) is 6. The molecule has 2 fully saturated rings. The topological polar surface area (TPSA) is 210 Å². The summed E-state index contributed by atoms with van der Waals surface area (Å²) in [5.74, 6) is -0.888. The number of morpholine rings is 1. The number of carbonyl (C=O) groups is 1. The first kappa shape index (κ1) is 26.0. The molecule has 0 bridgehead atoms. The molecule has 14 nitrogen and oxygen atoms in total. The SMILES string of the molecule is COc1ccccc1Oc1c(C(N)=O)nc(N2CCOCC2)nc1C(O)[C@H]1OC(O)[C@H](O)[C@@H](O)[C@H]1O. The molecule has 2 aliphatic heterocycles. The van der Waals surface area contributed by atoms with Crippen LogP contribution in [0, 0.1) is 0 Å². The number of benzene rings is 1. The summed E-state index contributed by atoms with van der Waals surface area (Å²) in [7, 11) is 1.41. The fraction of sp³-hybridized carbons (Fsp3) is 0.500. The maximum atomic E-state index is 12.5. The van der Waals surface area contributed by atoms with E-state index in [9.17, 15) is 30.3 Å². The zero-order chi connectivity index (χ0) is 26.0. The Morgan fingerprint density at radius 1 is 1.08 bits per heavy atom. The summed E-state index contributed by atoms with van der Waals surface area (Å²) in [6.45, 7) is 1.50. The van der Waals surface area contributed by atoms with Gasteiger partial charge in [0.2, 0.25) is 5.95 Å². The summed E-state index contributed by atoms with van der Waals surface area (Å²) in [5.41, 5.74) is 4.92. The molecule has 0 spiro atoms. The van der Waals surface area contributed by atoms with Crippen LogP contribution in [0.25, 0.3) is 0 Å². The zero-order valence-corrected chi connectivity index (χ0v) is 19.3. The lowest BCUT2D eigenvalue weighted by molar-refractivity contribution is -0.298. The van der Waals surface area contributed by atoms with Crippen LogP contribution in [0.15, 0.2) is 24.3 Å². The standard InChI is InChI=1S/C22H28N4O10/c1-33-10-4-2-3-5-11(10)35-18-12(14(27)19-16(29)15(28)17(30)21(32)36-19)24-22(25-13(18)20(23)31)26-6-8-34-9-7-26/h2-5,14-17,19,21,27-30,32H,6-9H2,1H3,(H2,23,31)/t14?,15-,16+,17+,19+,21?/m0/s1. The number of aliphatic hydroxyl groups is 5. The number of hydrogen-bond acceptors (Lipinski definition) is 13. The molecule has 196 valence electrons. The first-order valence-electron chi connectivity index (χ1n) is 11.1. The minimum absolute atomic E-state index is 0.0277. The predicted molar refractivity (Wildman–Crippen MR) is 121 cm³/mol. The average Bonchev–Trinajstić information content (AvgIpc) is 2.89. The lowest BCUT2D eigenvalue weighted by atomic mass is 9.93. The van der Waals surface area contributed by atoms with Crippen molar-refractivity contribution in [2.75, 3.05) is 38.3 Å². The predicted octanol–water partition coefficient (Wildman–Crippen LogP) is -1.95. The van der Waals surface area contributed by atoms with E-state index < -0.39 is 42.7 Å². The van der Waals surface area contributed by atoms with Gasteiger partial charge in [-0.15, -0.1) is 0 Å². The Morgan fingerprint density at radius 2 is 1.75 bits per heavy atom. The van der Waals surface area contributed by atoms with Crippen molar-refractivity contribution in [3.05, 3.63) is 35.7 Å². The number of nitrogens with zero attached hydrogens (tertiary/aromatic N) is 3. The quantitative estimate of drug-likeness (QED) is 0.240. The van der Waals surface area contributed by atoms with E-state index in [1.807, 2.05) is 0 Å². The number of amides is 1. The molecule has 1 aromatic carbocycles. The lowest BCUT2D eigenvalue weighted by Crippen LogP contribution is -2.59. The van der Waals surface area contributed by atoms with E-state index >= 15 is 0 Å². The number of methoxy groups -OCH3 is 1. The van der Waals surface area contributed by atoms with Gasteiger partial charge in [0.15, 0.2) is 29.2 Å². The van der Waals surface area contributed by atoms with Crippen molar-refractivity contribution < 1.29 is 49.3 Å². The Hall–Kier alpha value is -3.11. The maximum Gasteiger partial charge on any atom is 0.271 e. The van der Waals surface area contributed by atoms with E-state index in [0.29, 0.717) is 26.3 Å². The number of rotatable bonds is 7. The van der Waals surface area contributed by atoms with Crippen molar-refractivity contribution in [3.63, 3.8) is 0 Å². The Labute approximate surface area is 205 Å². The van der Waals surface area contributed by atoms with Crippen LogP contribution in [0.4, 0.5) is 5.95 Å². The van der Waals surface area contributed by atoms with Gasteiger partial charge in [0.25, 0.3) is 5.91 Å². The summed E-state index contributed by atoms with van der Waals surface area (Å²) in [6, 6.07) is 6.46. The number of primary amides is 1. The number of ether oxygens (including phenoxy) is 4. The van der Waals surface area contributed by atoms with Gasteiger partial charge in [-0.25, -0.2) is 9.97 Å². The first-order chi connectivity index (χ1) is 17.2. The molecule has 7 N–H and O–H groups in total. The molecule has 36 heavy (non-hydrogen) atoms. The lowest BCUT2D eigenvalue weighted by Gasteiger charge is -2.40. The summed E-state index contributed by atoms with van der Waals surface area (Å²) in [5, 5.41) is 51.7. The smallest absolute Gasteiger partial charge is 0.271 e. The molecular formula is C22H28N4O10. The van der Waals surface area contributed by atoms with Gasteiger partial charge in [-0.05, 0) is 12.1 Å². The summed E-state index contributed by atoms with van der Waals surface area (Å²) in [6.07, 6.45) is -11.0. The van der Waals surface area contributed by atoms with Gasteiger partial charge in [0.1, 0.15) is 36.2 Å². The van der Waals surface area contributed by atoms with Crippen LogP contribution in [0.3, 0.4) is 0 Å². The molecule has 3 heterocycles. The van der Waals surface area contributed by atoms with Gasteiger partial charge in [0.05, 0.1) is 20.3 Å². The van der Waals surface area contributed by atoms with Crippen LogP contribution in [-0.2, 0) is 9.47 Å². The van der Waals surface area contributed by atoms with E-state index in [4.69, 9.17) is 24.7 Å². The summed E-state index contributed by atoms with van der Waals surface area (Å²) < 4.78 is 21.7. The van der Waals surface area contributed by atoms with Crippen molar-refractivity contribution in [1.82, 2.24) is 9.97 Å². The van der Waals surface area contributed by atoms with E-state index in [2.05, 4.69) is 9.97 Å². The van der Waals surface area contributed by atoms with E-state index in [-0.39, 0.29) is 34.6 Å². The molecular weight excluding hydrogens is 480 g/mol. The number of carbonyl (C=O) groups excluding carboxylic acids is 1. The van der Waals surface area contributed by atoms with Crippen molar-refractivity contribution in [2.45, 2.75) is 36.8 Å². The monoisotopic (exact) mass is 508 g/mol. The van der Waals surface area contributed by atoms with E-state index in [1.165, 1.54) is 13.2 Å². The summed E-state index contributed by atoms with van der Waals surface area (Å²) >= 11 is 0. The Morgan fingerprint density at radius 3 is 2.39 bits per heavy atom. The second-order valence-corrected chi connectivity index (χ2v) is 8.21. The van der Waals surface area contributed by atoms with Crippen molar-refractivity contribution in [2.24, 2.45) is 5.73 Å². The first-order valence-corrected chi connectivity index (χ1v) is 11.1. The molecule has 1 amide bonds. The van der Waals surface area contributed by atoms with Gasteiger partial charge in [-0.1, -0.05) is 12.1 Å². The number of para-hydroxylation sites is 2. The minimum Gasteiger partial charge on any atom is -0.493 e. The minimum atomic E-state index is -1.92. The molecule has 0 aliphatic carbocycles. The van der Waals surface area contributed by atoms with Gasteiger partial charge in [-0.3, -0.25) is 4.79 Å². The van der Waals surface area contributed by atoms with Gasteiger partial charge < -0.3 is 55.1 Å². The third kappa shape index (κ3) is 5.05. The molecule has 6 atom stereocenters. The van der Waals surface area contributed by atoms with Gasteiger partial charge in [0, 0.05) is 13.1 Å². The zero-order valence-electron chi connectivity index (χ0n) is 19.3. The highest BCUT2D eigenvalue weighted by molar-refractivity contribution is 5.94. The third-order valence-corrected chi connectivity index (χ3v) is 5.90. The number of aliphatic hydroxyl groups excluding tert-OH is 5. The van der Waals surface area contributed by atoms with Crippen LogP contribution in [0.5, 0.6) is 17.2 Å². The fourth-order valence-corrected chi connectivity index (χ4v) is 3.95. The molecule has 2 aliphatic rings. The number of anilines is 1. The highest BCUT2D eigenvalue weighted by Gasteiger charge is 2.47. The summed E-state index contributed by atoms with van der Waals surface area (Å²) in [4.78, 5) is 22.8. The molecule has 2 unspecified atom stereocenters. The molecule has 2 saturated heterocycles. The molecule has 2 aromatic rings. The Balaban J connectivity index is 1.84. The Bertz CT molecular complexity index is 1080. The number of nitrogens with two attached hydrogens (primary N) is 1. The molecule has 0 radical (unpaired) electrons. The number of aromatic nitrogens is 2. The maximum absolute atomic E-state index is 12.5. The van der Waals surface area contributed by atoms with Crippen molar-refractivity contribution in [1.29, 1.82) is 0 Å². The van der Waals surface area contributed by atoms with Crippen LogP contribution in [0.1, 0.15) is 22.3 Å². The molecule has 4 rings (SSSR count). The Kier molecular flexibility index (Phi) is 7.85. The van der Waals surface area contributed by atoms with E-state index in [1.54, 1.807) is 23.1 Å². The largest absolute Gasteiger partial charge is 0.493 e. The molecule has 1 aromatic heterocycles. The fourth-order valence-electron chi connectivity index (χ4n) is 3.95. The third-order valence-electron chi connectivity index (χ3n) is 5.90. The highest BCUT2D eigenvalue weighted by atomic mass is 16.6. The second-order valence-electron chi connectivity index (χ2n) is 8.21. The van der Waals surface area contributed by atoms with Gasteiger partial charge >= 0.3 is 0 Å². The average molecular weight is 508 g/mol. The van der Waals surface area contributed by atoms with Gasteiger partial charge in [-0.2, -0.15) is 0 Å². The van der Waals surface area contributed by atoms with Crippen LogP contribution >= 0.6 is 0 Å². The molecule has 0 saturated carbocycles. The second kappa shape index (κ2) is 10.9. The highest BCUT2D eigenvalue weighted by Crippen LogP contribution is 2.39. The van der Waals surface area contributed by atoms with Crippen molar-refractivity contribution >= 4 is 11.9 Å². The van der Waals surface area contributed by atoms with Crippen LogP contribution in [0.2, 0.25) is 0 Å². The van der Waals surface area contributed by atoms with Crippen LogP contribution in [-0.4, -0.2) is 106 Å². The van der Waals surface area contributed by atoms with E-state index in [0.717, 1.165) is 0 Å². The van der Waals surface area contributed by atoms with Crippen LogP contribution < -0.4 is 20.1 Å².